The lowest BCUT2D eigenvalue weighted by Gasteiger charge is -2.08. The number of rotatable bonds is 4. The number of thiophene rings is 1. The van der Waals surface area contributed by atoms with E-state index in [-0.39, 0.29) is 12.3 Å². The molecule has 0 saturated carbocycles. The fourth-order valence-electron chi connectivity index (χ4n) is 1.14. The van der Waals surface area contributed by atoms with Crippen LogP contribution in [0.15, 0.2) is 14.3 Å². The fraction of sp³-hybridized carbons (Fsp3) is 0.444. The van der Waals surface area contributed by atoms with Crippen molar-refractivity contribution in [2.75, 3.05) is 0 Å². The highest BCUT2D eigenvalue weighted by Gasteiger charge is 2.14. The molecule has 0 amide bonds. The summed E-state index contributed by atoms with van der Waals surface area (Å²) in [6.07, 6.45) is 0.907. The van der Waals surface area contributed by atoms with E-state index in [0.717, 1.165) is 8.95 Å². The molecular weight excluding hydrogens is 332 g/mol. The van der Waals surface area contributed by atoms with Gasteiger partial charge in [-0.05, 0) is 44.2 Å². The molecular formula is C9H10Br2O2S. The van der Waals surface area contributed by atoms with E-state index in [1.54, 1.807) is 11.3 Å². The normalized spacial score (nSPS) is 12.8. The van der Waals surface area contributed by atoms with Crippen LogP contribution in [0, 0.1) is 0 Å². The van der Waals surface area contributed by atoms with Crippen LogP contribution in [0.25, 0.3) is 0 Å². The van der Waals surface area contributed by atoms with Crippen molar-refractivity contribution in [2.45, 2.75) is 25.7 Å². The summed E-state index contributed by atoms with van der Waals surface area (Å²) in [5.74, 6) is -0.444. The van der Waals surface area contributed by atoms with Crippen LogP contribution in [-0.2, 0) is 4.79 Å². The molecule has 2 nitrogen and oxygen atoms in total. The second-order valence-electron chi connectivity index (χ2n) is 3.10. The molecule has 0 bridgehead atoms. The molecule has 1 aromatic heterocycles. The molecule has 0 radical (unpaired) electrons. The van der Waals surface area contributed by atoms with Crippen molar-refractivity contribution in [3.05, 3.63) is 19.2 Å². The summed E-state index contributed by atoms with van der Waals surface area (Å²) in [6, 6.07) is 0. The smallest absolute Gasteiger partial charge is 0.303 e. The van der Waals surface area contributed by atoms with E-state index in [4.69, 9.17) is 5.11 Å². The molecule has 1 aromatic rings. The minimum absolute atomic E-state index is 0.225. The van der Waals surface area contributed by atoms with E-state index >= 15 is 0 Å². The van der Waals surface area contributed by atoms with E-state index in [9.17, 15) is 4.79 Å². The number of aliphatic carboxylic acids is 1. The van der Waals surface area contributed by atoms with Gasteiger partial charge < -0.3 is 5.11 Å². The average Bonchev–Trinajstić information content (AvgIpc) is 2.44. The van der Waals surface area contributed by atoms with E-state index in [2.05, 4.69) is 31.9 Å². The molecule has 1 unspecified atom stereocenters. The van der Waals surface area contributed by atoms with Gasteiger partial charge in [0, 0.05) is 25.6 Å². The van der Waals surface area contributed by atoms with Crippen molar-refractivity contribution < 1.29 is 9.90 Å². The molecule has 1 N–H and O–H groups in total. The Labute approximate surface area is 104 Å². The molecule has 1 rings (SSSR count). The Morgan fingerprint density at radius 3 is 2.71 bits per heavy atom. The first-order valence-corrected chi connectivity index (χ1v) is 6.63. The molecule has 0 aromatic carbocycles. The molecule has 1 heterocycles. The maximum absolute atomic E-state index is 10.4. The number of carboxylic acid groups (broad SMARTS) is 1. The minimum atomic E-state index is -0.733. The third kappa shape index (κ3) is 3.07. The molecule has 0 aliphatic rings. The zero-order chi connectivity index (χ0) is 10.7. The zero-order valence-corrected chi connectivity index (χ0v) is 11.6. The third-order valence-corrected chi connectivity index (χ3v) is 5.75. The maximum Gasteiger partial charge on any atom is 0.303 e. The fourth-order valence-corrected chi connectivity index (χ4v) is 3.61. The second-order valence-corrected chi connectivity index (χ2v) is 5.65. The number of carboxylic acids is 1. The number of hydrogen-bond acceptors (Lipinski definition) is 2. The Kier molecular flexibility index (Phi) is 4.60. The maximum atomic E-state index is 10.4. The summed E-state index contributed by atoms with van der Waals surface area (Å²) in [6.45, 7) is 2.05. The van der Waals surface area contributed by atoms with Gasteiger partial charge in [0.25, 0.3) is 0 Å². The van der Waals surface area contributed by atoms with Crippen molar-refractivity contribution in [2.24, 2.45) is 0 Å². The van der Waals surface area contributed by atoms with Crippen LogP contribution in [0.3, 0.4) is 0 Å². The highest BCUT2D eigenvalue weighted by Crippen LogP contribution is 2.38. The van der Waals surface area contributed by atoms with E-state index < -0.39 is 5.97 Å². The Morgan fingerprint density at radius 2 is 2.29 bits per heavy atom. The van der Waals surface area contributed by atoms with Crippen LogP contribution < -0.4 is 0 Å². The van der Waals surface area contributed by atoms with E-state index in [1.165, 1.54) is 4.88 Å². The monoisotopic (exact) mass is 340 g/mol. The van der Waals surface area contributed by atoms with Crippen molar-refractivity contribution in [1.29, 1.82) is 0 Å². The van der Waals surface area contributed by atoms with Crippen LogP contribution >= 0.6 is 43.2 Å². The topological polar surface area (TPSA) is 37.3 Å². The lowest BCUT2D eigenvalue weighted by Crippen LogP contribution is -1.99. The van der Waals surface area contributed by atoms with Gasteiger partial charge in [0.15, 0.2) is 0 Å². The summed E-state index contributed by atoms with van der Waals surface area (Å²) in [4.78, 5) is 11.6. The van der Waals surface area contributed by atoms with Crippen molar-refractivity contribution in [3.8, 4) is 0 Å². The van der Waals surface area contributed by atoms with Gasteiger partial charge in [0.05, 0.1) is 0 Å². The lowest BCUT2D eigenvalue weighted by atomic mass is 10.0. The molecule has 0 spiro atoms. The number of halogens is 2. The Bertz CT molecular complexity index is 336. The molecule has 0 aliphatic carbocycles. The highest BCUT2D eigenvalue weighted by atomic mass is 79.9. The molecule has 5 heteroatoms. The molecule has 0 aliphatic heterocycles. The SMILES string of the molecule is CC(CCC(=O)O)c1scc(Br)c1Br. The summed E-state index contributed by atoms with van der Waals surface area (Å²) in [5.41, 5.74) is 0. The molecule has 14 heavy (non-hydrogen) atoms. The largest absolute Gasteiger partial charge is 0.481 e. The first kappa shape index (κ1) is 12.2. The Balaban J connectivity index is 2.65. The van der Waals surface area contributed by atoms with Crippen LogP contribution in [0.4, 0.5) is 0 Å². The van der Waals surface area contributed by atoms with Gasteiger partial charge in [-0.2, -0.15) is 0 Å². The quantitative estimate of drug-likeness (QED) is 0.889. The number of carbonyl (C=O) groups is 1. The van der Waals surface area contributed by atoms with Gasteiger partial charge in [-0.3, -0.25) is 4.79 Å². The highest BCUT2D eigenvalue weighted by molar-refractivity contribution is 9.13. The first-order valence-electron chi connectivity index (χ1n) is 4.16. The van der Waals surface area contributed by atoms with Gasteiger partial charge in [-0.25, -0.2) is 0 Å². The van der Waals surface area contributed by atoms with Crippen LogP contribution in [-0.4, -0.2) is 11.1 Å². The van der Waals surface area contributed by atoms with Crippen LogP contribution in [0.5, 0.6) is 0 Å². The van der Waals surface area contributed by atoms with E-state index in [1.807, 2.05) is 12.3 Å². The Hall–Kier alpha value is 0.130. The summed E-state index contributed by atoms with van der Waals surface area (Å²) in [5, 5.41) is 10.6. The van der Waals surface area contributed by atoms with Gasteiger partial charge >= 0.3 is 5.97 Å². The number of hydrogen-bond donors (Lipinski definition) is 1. The predicted octanol–water partition coefficient (Wildman–Crippen LogP) is 4.24. The third-order valence-electron chi connectivity index (χ3n) is 1.95. The standard InChI is InChI=1S/C9H10Br2O2S/c1-5(2-3-7(12)13)9-8(11)6(10)4-14-9/h4-5H,2-3H2,1H3,(H,12,13). The van der Waals surface area contributed by atoms with Crippen molar-refractivity contribution in [1.82, 2.24) is 0 Å². The van der Waals surface area contributed by atoms with Crippen LogP contribution in [0.1, 0.15) is 30.6 Å². The Morgan fingerprint density at radius 1 is 1.64 bits per heavy atom. The summed E-state index contributed by atoms with van der Waals surface area (Å²) >= 11 is 8.53. The van der Waals surface area contributed by atoms with Gasteiger partial charge in [-0.15, -0.1) is 11.3 Å². The lowest BCUT2D eigenvalue weighted by molar-refractivity contribution is -0.137. The van der Waals surface area contributed by atoms with Gasteiger partial charge in [0.2, 0.25) is 0 Å². The van der Waals surface area contributed by atoms with Gasteiger partial charge in [0.1, 0.15) is 0 Å². The summed E-state index contributed by atoms with van der Waals surface area (Å²) < 4.78 is 2.10. The molecule has 1 atom stereocenters. The van der Waals surface area contributed by atoms with Crippen molar-refractivity contribution >= 4 is 49.2 Å². The molecule has 0 saturated heterocycles. The van der Waals surface area contributed by atoms with E-state index in [0.29, 0.717) is 6.42 Å². The molecule has 0 fully saturated rings. The first-order chi connectivity index (χ1) is 6.52. The minimum Gasteiger partial charge on any atom is -0.481 e. The van der Waals surface area contributed by atoms with Gasteiger partial charge in [-0.1, -0.05) is 6.92 Å². The molecule has 78 valence electrons. The summed E-state index contributed by atoms with van der Waals surface area (Å²) in [7, 11) is 0. The predicted molar refractivity (Wildman–Crippen MR) is 65.0 cm³/mol. The zero-order valence-electron chi connectivity index (χ0n) is 7.59. The van der Waals surface area contributed by atoms with Crippen molar-refractivity contribution in [3.63, 3.8) is 0 Å². The second kappa shape index (κ2) is 5.28. The van der Waals surface area contributed by atoms with Crippen LogP contribution in [0.2, 0.25) is 0 Å². The average molecular weight is 342 g/mol.